The van der Waals surface area contributed by atoms with E-state index in [4.69, 9.17) is 4.42 Å². The maximum absolute atomic E-state index is 6.22. The molecule has 258 valence electrons. The van der Waals surface area contributed by atoms with Gasteiger partial charge in [-0.1, -0.05) is 140 Å². The number of anilines is 3. The van der Waals surface area contributed by atoms with Crippen LogP contribution in [0, 0.1) is 0 Å². The van der Waals surface area contributed by atoms with E-state index in [0.29, 0.717) is 0 Å². The maximum Gasteiger partial charge on any atom is 0.136 e. The van der Waals surface area contributed by atoms with Gasteiger partial charge in [-0.2, -0.15) is 0 Å². The van der Waals surface area contributed by atoms with Crippen molar-refractivity contribution in [1.29, 1.82) is 0 Å². The molecule has 0 spiro atoms. The first-order valence-electron chi connectivity index (χ1n) is 18.7. The summed E-state index contributed by atoms with van der Waals surface area (Å²) in [7, 11) is 0. The van der Waals surface area contributed by atoms with Gasteiger partial charge in [0.1, 0.15) is 11.2 Å². The highest BCUT2D eigenvalue weighted by Crippen LogP contribution is 2.45. The van der Waals surface area contributed by atoms with Crippen molar-refractivity contribution >= 4 is 81.3 Å². The van der Waals surface area contributed by atoms with Gasteiger partial charge < -0.3 is 9.32 Å². The molecule has 11 aromatic rings. The number of rotatable bonds is 6. The third-order valence-corrected chi connectivity index (χ3v) is 12.1. The topological polar surface area (TPSA) is 16.4 Å². The molecular formula is C52H33NOS. The van der Waals surface area contributed by atoms with Gasteiger partial charge in [-0.3, -0.25) is 0 Å². The van der Waals surface area contributed by atoms with E-state index >= 15 is 0 Å². The number of furan rings is 1. The van der Waals surface area contributed by atoms with Crippen molar-refractivity contribution in [1.82, 2.24) is 0 Å². The van der Waals surface area contributed by atoms with Crippen molar-refractivity contribution in [2.45, 2.75) is 0 Å². The first kappa shape index (κ1) is 31.6. The second-order valence-electron chi connectivity index (χ2n) is 14.1. The second-order valence-corrected chi connectivity index (χ2v) is 15.2. The van der Waals surface area contributed by atoms with Crippen LogP contribution in [0.3, 0.4) is 0 Å². The van der Waals surface area contributed by atoms with E-state index < -0.39 is 0 Å². The van der Waals surface area contributed by atoms with E-state index in [1.807, 2.05) is 23.5 Å². The molecule has 55 heavy (non-hydrogen) atoms. The van der Waals surface area contributed by atoms with Crippen molar-refractivity contribution in [3.05, 3.63) is 200 Å². The number of benzene rings is 9. The minimum Gasteiger partial charge on any atom is -0.456 e. The predicted molar refractivity (Wildman–Crippen MR) is 235 cm³/mol. The van der Waals surface area contributed by atoms with Gasteiger partial charge in [-0.05, 0) is 105 Å². The molecule has 0 bridgehead atoms. The summed E-state index contributed by atoms with van der Waals surface area (Å²) in [6.45, 7) is 0. The maximum atomic E-state index is 6.22. The van der Waals surface area contributed by atoms with Crippen molar-refractivity contribution in [2.24, 2.45) is 0 Å². The van der Waals surface area contributed by atoms with Crippen LogP contribution in [0.25, 0.3) is 86.3 Å². The number of fused-ring (bicyclic) bond motifs is 8. The molecule has 0 N–H and O–H groups in total. The Morgan fingerprint density at radius 2 is 0.927 bits per heavy atom. The van der Waals surface area contributed by atoms with Crippen LogP contribution in [0.2, 0.25) is 0 Å². The number of para-hydroxylation sites is 1. The zero-order chi connectivity index (χ0) is 36.3. The fourth-order valence-corrected chi connectivity index (χ4v) is 9.38. The number of thiophene rings is 1. The summed E-state index contributed by atoms with van der Waals surface area (Å²) in [5.74, 6) is 0. The smallest absolute Gasteiger partial charge is 0.136 e. The first-order valence-corrected chi connectivity index (χ1v) is 19.5. The van der Waals surface area contributed by atoms with Crippen molar-refractivity contribution in [3.8, 4) is 33.4 Å². The molecule has 0 saturated heterocycles. The molecule has 0 fully saturated rings. The van der Waals surface area contributed by atoms with Gasteiger partial charge in [0, 0.05) is 37.6 Å². The molecule has 0 amide bonds. The van der Waals surface area contributed by atoms with Crippen LogP contribution >= 0.6 is 11.3 Å². The number of hydrogen-bond donors (Lipinski definition) is 0. The van der Waals surface area contributed by atoms with Crippen LogP contribution in [0.15, 0.2) is 205 Å². The summed E-state index contributed by atoms with van der Waals surface area (Å²) >= 11 is 1.86. The molecule has 2 aromatic heterocycles. The standard InChI is InChI=1S/C52H33NOS/c1-2-10-34(11-3-1)35-22-27-41(28-23-35)53(47-17-9-16-44-43-14-5-7-19-50(43)55-52(44)47)42-29-24-36(25-30-42)38-12-8-13-39(32-38)40-21-20-37-26-31-49-51(46(37)33-40)45-15-4-6-18-48(45)54-49/h1-33H. The molecule has 0 radical (unpaired) electrons. The van der Waals surface area contributed by atoms with E-state index in [0.717, 1.165) is 27.9 Å². The quantitative estimate of drug-likeness (QED) is 0.170. The van der Waals surface area contributed by atoms with Gasteiger partial charge in [0.25, 0.3) is 0 Å². The molecule has 0 unspecified atom stereocenters. The lowest BCUT2D eigenvalue weighted by Gasteiger charge is -2.26. The van der Waals surface area contributed by atoms with Crippen molar-refractivity contribution < 1.29 is 4.42 Å². The Kier molecular flexibility index (Phi) is 7.39. The van der Waals surface area contributed by atoms with E-state index in [-0.39, 0.29) is 0 Å². The van der Waals surface area contributed by atoms with Gasteiger partial charge >= 0.3 is 0 Å². The zero-order valence-corrected chi connectivity index (χ0v) is 30.6. The Labute approximate surface area is 322 Å². The minimum atomic E-state index is 0.920. The minimum absolute atomic E-state index is 0.920. The van der Waals surface area contributed by atoms with Gasteiger partial charge in [0.05, 0.1) is 10.4 Å². The molecule has 9 aromatic carbocycles. The summed E-state index contributed by atoms with van der Waals surface area (Å²) in [5, 5.41) is 7.33. The van der Waals surface area contributed by atoms with Crippen LogP contribution in [-0.4, -0.2) is 0 Å². The van der Waals surface area contributed by atoms with Gasteiger partial charge in [0.2, 0.25) is 0 Å². The summed E-state index contributed by atoms with van der Waals surface area (Å²) in [6, 6.07) is 72.2. The monoisotopic (exact) mass is 719 g/mol. The van der Waals surface area contributed by atoms with Crippen LogP contribution < -0.4 is 4.90 Å². The number of hydrogen-bond acceptors (Lipinski definition) is 3. The molecule has 0 aliphatic rings. The SMILES string of the molecule is c1ccc(-c2ccc(N(c3ccc(-c4cccc(-c5ccc6ccc7oc8ccccc8c7c6c5)c4)cc3)c3cccc4c3sc3ccccc34)cc2)cc1. The highest BCUT2D eigenvalue weighted by Gasteiger charge is 2.19. The molecule has 0 saturated carbocycles. The lowest BCUT2D eigenvalue weighted by atomic mass is 9.95. The lowest BCUT2D eigenvalue weighted by molar-refractivity contribution is 0.669. The second kappa shape index (κ2) is 12.9. The highest BCUT2D eigenvalue weighted by molar-refractivity contribution is 7.26. The molecule has 11 rings (SSSR count). The third-order valence-electron chi connectivity index (χ3n) is 10.9. The molecule has 3 heteroatoms. The number of nitrogens with zero attached hydrogens (tertiary/aromatic N) is 1. The van der Waals surface area contributed by atoms with Crippen LogP contribution in [0.4, 0.5) is 17.1 Å². The molecule has 2 heterocycles. The highest BCUT2D eigenvalue weighted by atomic mass is 32.1. The molecule has 0 aliphatic carbocycles. The average Bonchev–Trinajstić information content (AvgIpc) is 3.84. The summed E-state index contributed by atoms with van der Waals surface area (Å²) in [5.41, 5.74) is 12.4. The summed E-state index contributed by atoms with van der Waals surface area (Å²) < 4.78 is 8.80. The van der Waals surface area contributed by atoms with E-state index in [1.54, 1.807) is 0 Å². The zero-order valence-electron chi connectivity index (χ0n) is 29.8. The van der Waals surface area contributed by atoms with E-state index in [9.17, 15) is 0 Å². The Balaban J connectivity index is 0.991. The van der Waals surface area contributed by atoms with E-state index in [2.05, 4.69) is 193 Å². The third kappa shape index (κ3) is 5.40. The van der Waals surface area contributed by atoms with Crippen LogP contribution in [0.5, 0.6) is 0 Å². The molecular weight excluding hydrogens is 687 g/mol. The van der Waals surface area contributed by atoms with E-state index in [1.165, 1.54) is 75.4 Å². The average molecular weight is 720 g/mol. The normalized spacial score (nSPS) is 11.6. The fraction of sp³-hybridized carbons (Fsp3) is 0. The Bertz CT molecular complexity index is 3190. The van der Waals surface area contributed by atoms with Gasteiger partial charge in [0.15, 0.2) is 0 Å². The van der Waals surface area contributed by atoms with Crippen LogP contribution in [0.1, 0.15) is 0 Å². The Hall–Kier alpha value is -6.94. The summed E-state index contributed by atoms with van der Waals surface area (Å²) in [6.07, 6.45) is 0. The first-order chi connectivity index (χ1) is 27.2. The van der Waals surface area contributed by atoms with Gasteiger partial charge in [-0.15, -0.1) is 11.3 Å². The predicted octanol–water partition coefficient (Wildman–Crippen LogP) is 15.6. The van der Waals surface area contributed by atoms with Crippen LogP contribution in [-0.2, 0) is 0 Å². The molecule has 0 atom stereocenters. The molecule has 2 nitrogen and oxygen atoms in total. The Morgan fingerprint density at radius 3 is 1.73 bits per heavy atom. The van der Waals surface area contributed by atoms with Crippen molar-refractivity contribution in [2.75, 3.05) is 4.90 Å². The van der Waals surface area contributed by atoms with Crippen molar-refractivity contribution in [3.63, 3.8) is 0 Å². The largest absolute Gasteiger partial charge is 0.456 e. The summed E-state index contributed by atoms with van der Waals surface area (Å²) in [4.78, 5) is 2.40. The Morgan fingerprint density at radius 1 is 0.364 bits per heavy atom. The van der Waals surface area contributed by atoms with Gasteiger partial charge in [-0.25, -0.2) is 0 Å². The molecule has 0 aliphatic heterocycles. The fourth-order valence-electron chi connectivity index (χ4n) is 8.17. The lowest BCUT2D eigenvalue weighted by Crippen LogP contribution is -2.10.